The van der Waals surface area contributed by atoms with Crippen LogP contribution in [0, 0.1) is 0 Å². The fourth-order valence-corrected chi connectivity index (χ4v) is 14.9. The number of halogens is 1. The van der Waals surface area contributed by atoms with Crippen LogP contribution >= 0.6 is 22.9 Å². The lowest BCUT2D eigenvalue weighted by Gasteiger charge is -2.44. The van der Waals surface area contributed by atoms with Gasteiger partial charge in [-0.25, -0.2) is 0 Å². The van der Waals surface area contributed by atoms with Crippen molar-refractivity contribution in [1.82, 2.24) is 0 Å². The summed E-state index contributed by atoms with van der Waals surface area (Å²) < 4.78 is 2.76. The van der Waals surface area contributed by atoms with Gasteiger partial charge in [-0.15, -0.1) is 11.3 Å². The highest BCUT2D eigenvalue weighted by Gasteiger charge is 2.47. The smallest absolute Gasteiger partial charge is 0.264 e. The molecule has 0 radical (unpaired) electrons. The van der Waals surface area contributed by atoms with E-state index in [0.29, 0.717) is 0 Å². The Hall–Kier alpha value is -5.53. The molecular weight excluding hydrogens is 953 g/mol. The van der Waals surface area contributed by atoms with Crippen molar-refractivity contribution >= 4 is 114 Å². The van der Waals surface area contributed by atoms with E-state index in [2.05, 4.69) is 257 Å². The Labute approximate surface area is 453 Å². The van der Waals surface area contributed by atoms with Crippen LogP contribution < -0.4 is 36.0 Å². The SMILES string of the molecule is CC(C)(C)c1ccc(N2c3ccc(C(C)(C)C)cc3B3c4sc5cc6c(cc5c4N(c4ccc(C(C)(C)Cc5ccc(Nc7ccc([Si](C)(C)C)cc7)cc5)cc4)c4cc(Cl)cc2c43)C(C)(C)CCC6(C)C)cc1. The van der Waals surface area contributed by atoms with Crippen molar-refractivity contribution in [3.05, 3.63) is 178 Å². The van der Waals surface area contributed by atoms with E-state index in [1.807, 2.05) is 11.3 Å². The van der Waals surface area contributed by atoms with E-state index in [4.69, 9.17) is 11.6 Å². The first kappa shape index (κ1) is 50.6. The third kappa shape index (κ3) is 8.85. The van der Waals surface area contributed by atoms with Crippen LogP contribution in [-0.2, 0) is 33.5 Å². The van der Waals surface area contributed by atoms with E-state index in [-0.39, 0.29) is 33.8 Å². The molecule has 0 unspecified atom stereocenters. The number of anilines is 8. The summed E-state index contributed by atoms with van der Waals surface area (Å²) in [6.07, 6.45) is 3.27. The highest BCUT2D eigenvalue weighted by Crippen LogP contribution is 2.53. The van der Waals surface area contributed by atoms with Gasteiger partial charge in [-0.3, -0.25) is 0 Å². The van der Waals surface area contributed by atoms with Crippen molar-refractivity contribution in [2.24, 2.45) is 0 Å². The average Bonchev–Trinajstić information content (AvgIpc) is 3.76. The van der Waals surface area contributed by atoms with Gasteiger partial charge in [0.1, 0.15) is 0 Å². The van der Waals surface area contributed by atoms with E-state index in [1.54, 1.807) is 0 Å². The molecule has 3 heterocycles. The summed E-state index contributed by atoms with van der Waals surface area (Å²) in [5, 5.41) is 7.18. The molecular formula is C67H75BClN3SSi. The summed E-state index contributed by atoms with van der Waals surface area (Å²) in [5.41, 5.74) is 20.3. The highest BCUT2D eigenvalue weighted by atomic mass is 35.5. The Kier molecular flexibility index (Phi) is 12.0. The first-order chi connectivity index (χ1) is 34.7. The van der Waals surface area contributed by atoms with Gasteiger partial charge in [0, 0.05) is 59.7 Å². The normalized spacial score (nSPS) is 15.9. The van der Waals surface area contributed by atoms with Gasteiger partial charge in [0.05, 0.1) is 13.8 Å². The van der Waals surface area contributed by atoms with Crippen LogP contribution in [0.25, 0.3) is 10.1 Å². The first-order valence-electron chi connectivity index (χ1n) is 27.1. The Bertz CT molecular complexity index is 3470. The molecule has 0 amide bonds. The molecule has 0 saturated carbocycles. The van der Waals surface area contributed by atoms with Gasteiger partial charge >= 0.3 is 0 Å². The summed E-state index contributed by atoms with van der Waals surface area (Å²) >= 11 is 9.51. The zero-order valence-electron chi connectivity index (χ0n) is 46.7. The second-order valence-corrected chi connectivity index (χ2v) is 33.6. The fraction of sp³-hybridized carbons (Fsp3) is 0.343. The third-order valence-corrected chi connectivity index (χ3v) is 20.5. The zero-order chi connectivity index (χ0) is 52.7. The summed E-state index contributed by atoms with van der Waals surface area (Å²) in [6.45, 7) is 35.7. The van der Waals surface area contributed by atoms with Crippen molar-refractivity contribution in [2.45, 2.75) is 149 Å². The maximum absolute atomic E-state index is 7.50. The standard InChI is InChI=1S/C67H75BClN3SSi/c1-63(2,3)43-18-27-49(28-19-43)71-56-33-22-45(64(4,5)6)36-55(56)68-60-57(71)37-46(69)38-58(60)72(61-52-39-53-54(40-59(52)73-62(61)68)66(9,10)35-34-65(53,7)8)50-29-20-44(21-30-50)67(11,12)41-42-16-23-47(24-17-42)70-48-25-31-51(32-26-48)74(13,14)15/h16-33,36-40,70H,34-35,41H2,1-15H3. The second kappa shape index (κ2) is 17.5. The third-order valence-electron chi connectivity index (χ3n) is 17.0. The molecule has 2 aliphatic heterocycles. The Balaban J connectivity index is 1.05. The van der Waals surface area contributed by atoms with E-state index in [9.17, 15) is 0 Å². The van der Waals surface area contributed by atoms with Crippen LogP contribution in [0.3, 0.4) is 0 Å². The van der Waals surface area contributed by atoms with Crippen LogP contribution in [0.1, 0.15) is 129 Å². The predicted molar refractivity (Wildman–Crippen MR) is 329 cm³/mol. The Morgan fingerprint density at radius 2 is 1.09 bits per heavy atom. The molecule has 7 heteroatoms. The molecule has 11 rings (SSSR count). The topological polar surface area (TPSA) is 18.5 Å². The minimum absolute atomic E-state index is 0.0108. The molecule has 0 atom stereocenters. The number of hydrogen-bond acceptors (Lipinski definition) is 4. The summed E-state index contributed by atoms with van der Waals surface area (Å²) in [4.78, 5) is 5.08. The molecule has 74 heavy (non-hydrogen) atoms. The Morgan fingerprint density at radius 3 is 1.66 bits per heavy atom. The molecule has 0 fully saturated rings. The van der Waals surface area contributed by atoms with Crippen molar-refractivity contribution in [3.63, 3.8) is 0 Å². The van der Waals surface area contributed by atoms with Crippen LogP contribution in [0.2, 0.25) is 24.7 Å². The van der Waals surface area contributed by atoms with Crippen molar-refractivity contribution in [1.29, 1.82) is 0 Å². The number of nitrogens with one attached hydrogen (secondary N) is 1. The number of rotatable bonds is 8. The largest absolute Gasteiger partial charge is 0.356 e. The van der Waals surface area contributed by atoms with Crippen molar-refractivity contribution < 1.29 is 0 Å². The van der Waals surface area contributed by atoms with Gasteiger partial charge in [0.15, 0.2) is 0 Å². The molecule has 1 aromatic heterocycles. The van der Waals surface area contributed by atoms with E-state index in [0.717, 1.165) is 45.6 Å². The van der Waals surface area contributed by atoms with Crippen LogP contribution in [0.4, 0.5) is 45.5 Å². The van der Waals surface area contributed by atoms with Gasteiger partial charge in [-0.05, 0) is 170 Å². The highest BCUT2D eigenvalue weighted by molar-refractivity contribution is 7.33. The Morgan fingerprint density at radius 1 is 0.581 bits per heavy atom. The molecule has 378 valence electrons. The molecule has 0 spiro atoms. The van der Waals surface area contributed by atoms with Crippen LogP contribution in [0.5, 0.6) is 0 Å². The maximum Gasteiger partial charge on any atom is 0.264 e. The molecule has 3 nitrogen and oxygen atoms in total. The molecule has 7 aromatic carbocycles. The van der Waals surface area contributed by atoms with Gasteiger partial charge in [0.25, 0.3) is 6.71 Å². The lowest BCUT2D eigenvalue weighted by Crippen LogP contribution is -2.60. The van der Waals surface area contributed by atoms with E-state index >= 15 is 0 Å². The van der Waals surface area contributed by atoms with Gasteiger partial charge in [0.2, 0.25) is 0 Å². The molecule has 8 aromatic rings. The van der Waals surface area contributed by atoms with Crippen LogP contribution in [0.15, 0.2) is 140 Å². The molecule has 0 bridgehead atoms. The van der Waals surface area contributed by atoms with Gasteiger partial charge in [-0.2, -0.15) is 0 Å². The quantitative estimate of drug-likeness (QED) is 0.153. The average molecular weight is 1030 g/mol. The minimum Gasteiger partial charge on any atom is -0.356 e. The second-order valence-electron chi connectivity index (χ2n) is 27.0. The predicted octanol–water partition coefficient (Wildman–Crippen LogP) is 17.4. The number of thiophene rings is 1. The number of hydrogen-bond donors (Lipinski definition) is 1. The van der Waals surface area contributed by atoms with E-state index < -0.39 is 8.07 Å². The summed E-state index contributed by atoms with van der Waals surface area (Å²) in [7, 11) is -1.35. The lowest BCUT2D eigenvalue weighted by atomic mass is 9.36. The fourth-order valence-electron chi connectivity index (χ4n) is 12.2. The number of fused-ring (bicyclic) bond motifs is 7. The van der Waals surface area contributed by atoms with E-state index in [1.165, 1.54) is 88.6 Å². The zero-order valence-corrected chi connectivity index (χ0v) is 49.2. The first-order valence-corrected chi connectivity index (χ1v) is 31.7. The van der Waals surface area contributed by atoms with Crippen molar-refractivity contribution in [2.75, 3.05) is 15.1 Å². The molecule has 1 aliphatic carbocycles. The van der Waals surface area contributed by atoms with Crippen LogP contribution in [-0.4, -0.2) is 14.8 Å². The molecule has 3 aliphatic rings. The monoisotopic (exact) mass is 1030 g/mol. The van der Waals surface area contributed by atoms with Crippen molar-refractivity contribution in [3.8, 4) is 0 Å². The van der Waals surface area contributed by atoms with Gasteiger partial charge < -0.3 is 15.1 Å². The van der Waals surface area contributed by atoms with Gasteiger partial charge in [-0.1, -0.05) is 180 Å². The summed E-state index contributed by atoms with van der Waals surface area (Å²) in [5.74, 6) is 0. The molecule has 1 N–H and O–H groups in total. The molecule has 0 saturated heterocycles. The maximum atomic E-state index is 7.50. The number of nitrogens with zero attached hydrogens (tertiary/aromatic N) is 2. The number of benzene rings is 7. The summed E-state index contributed by atoms with van der Waals surface area (Å²) in [6, 6.07) is 53.8. The lowest BCUT2D eigenvalue weighted by molar-refractivity contribution is 0.332. The minimum atomic E-state index is -1.35.